The summed E-state index contributed by atoms with van der Waals surface area (Å²) in [6.07, 6.45) is 0.929. The lowest BCUT2D eigenvalue weighted by atomic mass is 10.3. The molecule has 1 aromatic carbocycles. The fourth-order valence-corrected chi connectivity index (χ4v) is 0.883. The second-order valence-electron chi connectivity index (χ2n) is 2.46. The van der Waals surface area contributed by atoms with Crippen molar-refractivity contribution >= 4 is 6.72 Å². The number of benzene rings is 1. The Hall–Kier alpha value is -1.31. The van der Waals surface area contributed by atoms with Crippen LogP contribution in [0.1, 0.15) is 6.42 Å². The minimum absolute atomic E-state index is 0.711. The molecular formula is C10H13NO. The highest BCUT2D eigenvalue weighted by molar-refractivity contribution is 5.23. The van der Waals surface area contributed by atoms with Gasteiger partial charge in [-0.25, -0.2) is 0 Å². The van der Waals surface area contributed by atoms with Crippen molar-refractivity contribution in [2.75, 3.05) is 13.2 Å². The lowest BCUT2D eigenvalue weighted by molar-refractivity contribution is 0.313. The Morgan fingerprint density at radius 3 is 2.67 bits per heavy atom. The molecule has 0 aliphatic rings. The van der Waals surface area contributed by atoms with Gasteiger partial charge < -0.3 is 9.73 Å². The van der Waals surface area contributed by atoms with Crippen LogP contribution in [0.25, 0.3) is 0 Å². The van der Waals surface area contributed by atoms with Crippen LogP contribution in [0.2, 0.25) is 0 Å². The quantitative estimate of drug-likeness (QED) is 0.481. The molecule has 0 saturated carbocycles. The van der Waals surface area contributed by atoms with Crippen LogP contribution >= 0.6 is 0 Å². The number of nitrogens with zero attached hydrogens (tertiary/aromatic N) is 1. The number of para-hydroxylation sites is 1. The Balaban J connectivity index is 2.20. The average molecular weight is 163 g/mol. The third-order valence-corrected chi connectivity index (χ3v) is 1.47. The van der Waals surface area contributed by atoms with Gasteiger partial charge in [0.15, 0.2) is 0 Å². The monoisotopic (exact) mass is 163 g/mol. The molecule has 1 aromatic rings. The molecule has 0 bridgehead atoms. The molecule has 0 radical (unpaired) electrons. The van der Waals surface area contributed by atoms with Gasteiger partial charge in [-0.15, -0.1) is 0 Å². The van der Waals surface area contributed by atoms with E-state index in [0.29, 0.717) is 6.61 Å². The van der Waals surface area contributed by atoms with Gasteiger partial charge in [0.25, 0.3) is 0 Å². The van der Waals surface area contributed by atoms with Gasteiger partial charge in [-0.2, -0.15) is 0 Å². The summed E-state index contributed by atoms with van der Waals surface area (Å²) in [5.74, 6) is 0.918. The highest BCUT2D eigenvalue weighted by Gasteiger charge is 1.89. The van der Waals surface area contributed by atoms with E-state index in [9.17, 15) is 0 Å². The zero-order valence-corrected chi connectivity index (χ0v) is 7.07. The van der Waals surface area contributed by atoms with Gasteiger partial charge in [0.2, 0.25) is 0 Å². The topological polar surface area (TPSA) is 21.6 Å². The molecule has 2 nitrogen and oxygen atoms in total. The van der Waals surface area contributed by atoms with E-state index in [1.165, 1.54) is 0 Å². The fourth-order valence-electron chi connectivity index (χ4n) is 0.883. The Bertz CT molecular complexity index is 221. The van der Waals surface area contributed by atoms with E-state index in [1.54, 1.807) is 0 Å². The maximum absolute atomic E-state index is 5.42. The smallest absolute Gasteiger partial charge is 0.119 e. The molecule has 0 unspecified atom stereocenters. The standard InChI is InChI=1S/C10H13NO/c1-11-8-5-9-12-10-6-3-2-4-7-10/h2-4,6-7H,1,5,8-9H2. The van der Waals surface area contributed by atoms with Crippen LogP contribution < -0.4 is 4.74 Å². The molecular weight excluding hydrogens is 150 g/mol. The highest BCUT2D eigenvalue weighted by atomic mass is 16.5. The van der Waals surface area contributed by atoms with E-state index in [4.69, 9.17) is 4.74 Å². The highest BCUT2D eigenvalue weighted by Crippen LogP contribution is 2.07. The third-order valence-electron chi connectivity index (χ3n) is 1.47. The summed E-state index contributed by atoms with van der Waals surface area (Å²) < 4.78 is 5.42. The molecule has 0 aromatic heterocycles. The summed E-state index contributed by atoms with van der Waals surface area (Å²) in [6, 6.07) is 9.78. The number of hydrogen-bond acceptors (Lipinski definition) is 2. The molecule has 0 amide bonds. The molecule has 64 valence electrons. The zero-order valence-electron chi connectivity index (χ0n) is 7.07. The molecule has 0 atom stereocenters. The van der Waals surface area contributed by atoms with Crippen molar-refractivity contribution < 1.29 is 4.74 Å². The van der Waals surface area contributed by atoms with Crippen LogP contribution in [0.5, 0.6) is 5.75 Å². The van der Waals surface area contributed by atoms with Crippen LogP contribution in [0.15, 0.2) is 35.3 Å². The molecule has 0 heterocycles. The molecule has 1 rings (SSSR count). The number of ether oxygens (including phenoxy) is 1. The molecule has 0 N–H and O–H groups in total. The second kappa shape index (κ2) is 5.35. The van der Waals surface area contributed by atoms with Gasteiger partial charge in [0.05, 0.1) is 6.61 Å². The molecule has 0 spiro atoms. The lowest BCUT2D eigenvalue weighted by Gasteiger charge is -2.03. The maximum Gasteiger partial charge on any atom is 0.119 e. The van der Waals surface area contributed by atoms with Crippen molar-refractivity contribution in [3.8, 4) is 5.75 Å². The second-order valence-corrected chi connectivity index (χ2v) is 2.46. The van der Waals surface area contributed by atoms with Gasteiger partial charge in [-0.1, -0.05) is 18.2 Å². The lowest BCUT2D eigenvalue weighted by Crippen LogP contribution is -1.98. The van der Waals surface area contributed by atoms with Crippen molar-refractivity contribution in [1.82, 2.24) is 0 Å². The largest absolute Gasteiger partial charge is 0.494 e. The van der Waals surface area contributed by atoms with Crippen LogP contribution in [0, 0.1) is 0 Å². The van der Waals surface area contributed by atoms with Gasteiger partial charge in [-0.05, 0) is 18.9 Å². The van der Waals surface area contributed by atoms with Crippen LogP contribution in [0.3, 0.4) is 0 Å². The fraction of sp³-hybridized carbons (Fsp3) is 0.300. The van der Waals surface area contributed by atoms with Gasteiger partial charge >= 0.3 is 0 Å². The average Bonchev–Trinajstić information content (AvgIpc) is 2.14. The number of hydrogen-bond donors (Lipinski definition) is 0. The first kappa shape index (κ1) is 8.78. The maximum atomic E-state index is 5.42. The van der Waals surface area contributed by atoms with Crippen LogP contribution in [-0.2, 0) is 0 Å². The van der Waals surface area contributed by atoms with Crippen molar-refractivity contribution in [1.29, 1.82) is 0 Å². The van der Waals surface area contributed by atoms with E-state index in [0.717, 1.165) is 18.7 Å². The summed E-state index contributed by atoms with van der Waals surface area (Å²) >= 11 is 0. The Kier molecular flexibility index (Phi) is 3.92. The summed E-state index contributed by atoms with van der Waals surface area (Å²) in [4.78, 5) is 3.74. The molecule has 0 saturated heterocycles. The van der Waals surface area contributed by atoms with E-state index in [-0.39, 0.29) is 0 Å². The normalized spacial score (nSPS) is 9.33. The minimum atomic E-state index is 0.711. The Morgan fingerprint density at radius 2 is 2.00 bits per heavy atom. The molecule has 2 heteroatoms. The predicted octanol–water partition coefficient (Wildman–Crippen LogP) is 2.16. The van der Waals surface area contributed by atoms with E-state index in [1.807, 2.05) is 30.3 Å². The molecule has 0 fully saturated rings. The predicted molar refractivity (Wildman–Crippen MR) is 51.0 cm³/mol. The van der Waals surface area contributed by atoms with Crippen LogP contribution in [0.4, 0.5) is 0 Å². The Labute approximate surface area is 72.9 Å². The first-order valence-electron chi connectivity index (χ1n) is 4.04. The van der Waals surface area contributed by atoms with Crippen molar-refractivity contribution in [2.45, 2.75) is 6.42 Å². The van der Waals surface area contributed by atoms with Crippen molar-refractivity contribution in [3.05, 3.63) is 30.3 Å². The molecule has 0 aliphatic heterocycles. The van der Waals surface area contributed by atoms with Gasteiger partial charge in [0.1, 0.15) is 5.75 Å². The summed E-state index contributed by atoms with van der Waals surface area (Å²) in [6.45, 7) is 4.88. The summed E-state index contributed by atoms with van der Waals surface area (Å²) in [7, 11) is 0. The third kappa shape index (κ3) is 3.19. The van der Waals surface area contributed by atoms with Crippen molar-refractivity contribution in [2.24, 2.45) is 4.99 Å². The summed E-state index contributed by atoms with van der Waals surface area (Å²) in [5.41, 5.74) is 0. The molecule has 0 aliphatic carbocycles. The van der Waals surface area contributed by atoms with E-state index in [2.05, 4.69) is 11.7 Å². The van der Waals surface area contributed by atoms with Crippen LogP contribution in [-0.4, -0.2) is 19.9 Å². The summed E-state index contributed by atoms with van der Waals surface area (Å²) in [5, 5.41) is 0. The van der Waals surface area contributed by atoms with Gasteiger partial charge in [-0.3, -0.25) is 0 Å². The van der Waals surface area contributed by atoms with Crippen molar-refractivity contribution in [3.63, 3.8) is 0 Å². The first-order chi connectivity index (χ1) is 5.93. The number of aliphatic imine (C=N–C) groups is 1. The Morgan fingerprint density at radius 1 is 1.25 bits per heavy atom. The SMILES string of the molecule is C=NCCCOc1ccccc1. The van der Waals surface area contributed by atoms with Gasteiger partial charge in [0, 0.05) is 13.0 Å². The number of rotatable bonds is 5. The minimum Gasteiger partial charge on any atom is -0.494 e. The van der Waals surface area contributed by atoms with E-state index < -0.39 is 0 Å². The first-order valence-corrected chi connectivity index (χ1v) is 4.04. The zero-order chi connectivity index (χ0) is 8.65. The molecule has 12 heavy (non-hydrogen) atoms. The van der Waals surface area contributed by atoms with E-state index >= 15 is 0 Å².